The highest BCUT2D eigenvalue weighted by atomic mass is 19.1. The van der Waals surface area contributed by atoms with Crippen LogP contribution in [0.3, 0.4) is 0 Å². The SMILES string of the molecule is Fc1ccccc1CNc1cnnc(N2CCN(c3ccccc3F)CC2)n1. The fourth-order valence-corrected chi connectivity index (χ4v) is 3.20. The second-order valence-electron chi connectivity index (χ2n) is 6.51. The van der Waals surface area contributed by atoms with Gasteiger partial charge in [0.1, 0.15) is 11.6 Å². The van der Waals surface area contributed by atoms with E-state index in [9.17, 15) is 8.78 Å². The second kappa shape index (κ2) is 8.16. The van der Waals surface area contributed by atoms with Crippen molar-refractivity contribution in [3.8, 4) is 0 Å². The highest BCUT2D eigenvalue weighted by molar-refractivity contribution is 5.50. The van der Waals surface area contributed by atoms with Gasteiger partial charge < -0.3 is 15.1 Å². The molecule has 0 unspecified atom stereocenters. The summed E-state index contributed by atoms with van der Waals surface area (Å²) >= 11 is 0. The Morgan fingerprint density at radius 3 is 2.29 bits per heavy atom. The quantitative estimate of drug-likeness (QED) is 0.732. The maximum absolute atomic E-state index is 14.0. The molecule has 0 spiro atoms. The topological polar surface area (TPSA) is 57.2 Å². The van der Waals surface area contributed by atoms with Crippen molar-refractivity contribution < 1.29 is 8.78 Å². The first kappa shape index (κ1) is 18.1. The van der Waals surface area contributed by atoms with Gasteiger partial charge in [0.15, 0.2) is 5.82 Å². The fourth-order valence-electron chi connectivity index (χ4n) is 3.20. The first-order valence-electron chi connectivity index (χ1n) is 9.12. The van der Waals surface area contributed by atoms with Gasteiger partial charge >= 0.3 is 0 Å². The minimum absolute atomic E-state index is 0.215. The van der Waals surface area contributed by atoms with Crippen LogP contribution in [0.5, 0.6) is 0 Å². The van der Waals surface area contributed by atoms with Crippen LogP contribution in [-0.2, 0) is 6.54 Å². The molecule has 0 amide bonds. The smallest absolute Gasteiger partial charge is 0.247 e. The predicted molar refractivity (Wildman–Crippen MR) is 104 cm³/mol. The summed E-state index contributed by atoms with van der Waals surface area (Å²) < 4.78 is 27.7. The van der Waals surface area contributed by atoms with Crippen LogP contribution in [0.15, 0.2) is 54.7 Å². The van der Waals surface area contributed by atoms with Crippen molar-refractivity contribution >= 4 is 17.5 Å². The maximum atomic E-state index is 14.0. The molecule has 144 valence electrons. The minimum atomic E-state index is -0.262. The average molecular weight is 382 g/mol. The van der Waals surface area contributed by atoms with E-state index >= 15 is 0 Å². The Morgan fingerprint density at radius 1 is 0.857 bits per heavy atom. The number of hydrogen-bond acceptors (Lipinski definition) is 6. The molecule has 1 aliphatic rings. The van der Waals surface area contributed by atoms with Crippen LogP contribution >= 0.6 is 0 Å². The van der Waals surface area contributed by atoms with Crippen molar-refractivity contribution in [1.82, 2.24) is 15.2 Å². The molecule has 1 aliphatic heterocycles. The standard InChI is InChI=1S/C20H20F2N6/c21-16-6-2-1-5-15(16)13-23-19-14-24-26-20(25-19)28-11-9-27(10-12-28)18-8-4-3-7-17(18)22/h1-8,14H,9-13H2,(H,23,25,26). The van der Waals surface area contributed by atoms with Crippen LogP contribution in [-0.4, -0.2) is 41.4 Å². The summed E-state index contributed by atoms with van der Waals surface area (Å²) in [6.45, 7) is 2.96. The van der Waals surface area contributed by atoms with Crippen molar-refractivity contribution in [3.05, 3.63) is 71.9 Å². The molecule has 2 heterocycles. The molecular formula is C20H20F2N6. The predicted octanol–water partition coefficient (Wildman–Crippen LogP) is 3.09. The number of rotatable bonds is 5. The van der Waals surface area contributed by atoms with Crippen molar-refractivity contribution in [3.63, 3.8) is 0 Å². The van der Waals surface area contributed by atoms with Gasteiger partial charge in [-0.1, -0.05) is 30.3 Å². The molecule has 1 N–H and O–H groups in total. The van der Waals surface area contributed by atoms with E-state index in [0.717, 1.165) is 0 Å². The van der Waals surface area contributed by atoms with E-state index in [1.165, 1.54) is 18.3 Å². The molecule has 8 heteroatoms. The van der Waals surface area contributed by atoms with Crippen LogP contribution in [0.25, 0.3) is 0 Å². The highest BCUT2D eigenvalue weighted by Gasteiger charge is 2.21. The van der Waals surface area contributed by atoms with Crippen molar-refractivity contribution in [2.75, 3.05) is 41.3 Å². The second-order valence-corrected chi connectivity index (χ2v) is 6.51. The van der Waals surface area contributed by atoms with Gasteiger partial charge in [-0.3, -0.25) is 0 Å². The molecule has 0 aliphatic carbocycles. The number of piperazine rings is 1. The Hall–Kier alpha value is -3.29. The summed E-state index contributed by atoms with van der Waals surface area (Å²) in [6.07, 6.45) is 1.51. The highest BCUT2D eigenvalue weighted by Crippen LogP contribution is 2.21. The third-order valence-electron chi connectivity index (χ3n) is 4.72. The largest absolute Gasteiger partial charge is 0.366 e. The Balaban J connectivity index is 1.39. The number of nitrogens with one attached hydrogen (secondary N) is 1. The van der Waals surface area contributed by atoms with E-state index in [0.29, 0.717) is 55.7 Å². The van der Waals surface area contributed by atoms with Crippen LogP contribution in [0, 0.1) is 11.6 Å². The van der Waals surface area contributed by atoms with E-state index < -0.39 is 0 Å². The molecule has 0 bridgehead atoms. The van der Waals surface area contributed by atoms with Crippen LogP contribution in [0.4, 0.5) is 26.2 Å². The molecule has 0 radical (unpaired) electrons. The van der Waals surface area contributed by atoms with Gasteiger partial charge in [-0.15, -0.1) is 5.10 Å². The van der Waals surface area contributed by atoms with Crippen LogP contribution in [0.1, 0.15) is 5.56 Å². The minimum Gasteiger partial charge on any atom is -0.366 e. The molecule has 2 aromatic carbocycles. The van der Waals surface area contributed by atoms with Gasteiger partial charge in [0.2, 0.25) is 5.95 Å². The van der Waals surface area contributed by atoms with E-state index in [1.54, 1.807) is 30.3 Å². The Kier molecular flexibility index (Phi) is 5.27. The monoisotopic (exact) mass is 382 g/mol. The van der Waals surface area contributed by atoms with Gasteiger partial charge in [-0.2, -0.15) is 10.1 Å². The molecule has 3 aromatic rings. The summed E-state index contributed by atoms with van der Waals surface area (Å²) in [7, 11) is 0. The number of nitrogens with zero attached hydrogens (tertiary/aromatic N) is 5. The van der Waals surface area contributed by atoms with E-state index in [1.807, 2.05) is 15.9 Å². The van der Waals surface area contributed by atoms with E-state index in [2.05, 4.69) is 20.5 Å². The normalized spacial score (nSPS) is 14.2. The summed E-state index contributed by atoms with van der Waals surface area (Å²) in [4.78, 5) is 8.51. The summed E-state index contributed by atoms with van der Waals surface area (Å²) in [5.74, 6) is 0.561. The lowest BCUT2D eigenvalue weighted by molar-refractivity contribution is 0.592. The van der Waals surface area contributed by atoms with Gasteiger partial charge in [0.05, 0.1) is 11.9 Å². The number of para-hydroxylation sites is 1. The van der Waals surface area contributed by atoms with Crippen LogP contribution in [0.2, 0.25) is 0 Å². The Bertz CT molecular complexity index is 943. The first-order chi connectivity index (χ1) is 13.7. The van der Waals surface area contributed by atoms with Gasteiger partial charge in [0.25, 0.3) is 0 Å². The fraction of sp³-hybridized carbons (Fsp3) is 0.250. The molecule has 1 aromatic heterocycles. The van der Waals surface area contributed by atoms with Crippen molar-refractivity contribution in [2.24, 2.45) is 0 Å². The molecular weight excluding hydrogens is 362 g/mol. The number of halogens is 2. The Morgan fingerprint density at radius 2 is 1.54 bits per heavy atom. The third-order valence-corrected chi connectivity index (χ3v) is 4.72. The molecule has 1 saturated heterocycles. The van der Waals surface area contributed by atoms with E-state index in [-0.39, 0.29) is 11.6 Å². The lowest BCUT2D eigenvalue weighted by atomic mass is 10.2. The lowest BCUT2D eigenvalue weighted by Crippen LogP contribution is -2.47. The van der Waals surface area contributed by atoms with Crippen molar-refractivity contribution in [1.29, 1.82) is 0 Å². The summed E-state index contributed by atoms with van der Waals surface area (Å²) in [5.41, 5.74) is 1.17. The molecule has 1 fully saturated rings. The molecule has 28 heavy (non-hydrogen) atoms. The third kappa shape index (κ3) is 4.00. The number of anilines is 3. The zero-order valence-corrected chi connectivity index (χ0v) is 15.2. The average Bonchev–Trinajstić information content (AvgIpc) is 2.74. The van der Waals surface area contributed by atoms with Crippen LogP contribution < -0.4 is 15.1 Å². The number of hydrogen-bond donors (Lipinski definition) is 1. The van der Waals surface area contributed by atoms with E-state index in [4.69, 9.17) is 0 Å². The van der Waals surface area contributed by atoms with Gasteiger partial charge in [-0.05, 0) is 18.2 Å². The molecule has 0 atom stereocenters. The zero-order chi connectivity index (χ0) is 19.3. The maximum Gasteiger partial charge on any atom is 0.247 e. The lowest BCUT2D eigenvalue weighted by Gasteiger charge is -2.36. The first-order valence-corrected chi connectivity index (χ1v) is 9.12. The zero-order valence-electron chi connectivity index (χ0n) is 15.2. The van der Waals surface area contributed by atoms with Gasteiger partial charge in [0, 0.05) is 38.3 Å². The van der Waals surface area contributed by atoms with Crippen molar-refractivity contribution in [2.45, 2.75) is 6.54 Å². The summed E-state index contributed by atoms with van der Waals surface area (Å²) in [5, 5.41) is 11.2. The number of benzene rings is 2. The molecule has 0 saturated carbocycles. The van der Waals surface area contributed by atoms with Gasteiger partial charge in [-0.25, -0.2) is 8.78 Å². The summed E-state index contributed by atoms with van der Waals surface area (Å²) in [6, 6.07) is 13.4. The molecule has 4 rings (SSSR count). The number of aromatic nitrogens is 3. The molecule has 6 nitrogen and oxygen atoms in total. The Labute approximate surface area is 161 Å².